The lowest BCUT2D eigenvalue weighted by Gasteiger charge is -2.16. The Bertz CT molecular complexity index is 2250. The van der Waals surface area contributed by atoms with Crippen LogP contribution in [0.5, 0.6) is 11.5 Å². The van der Waals surface area contributed by atoms with E-state index in [1.165, 1.54) is 12.4 Å². The molecule has 0 aliphatic carbocycles. The Kier molecular flexibility index (Phi) is 11.2. The number of anilines is 2. The first-order chi connectivity index (χ1) is 27.0. The molecule has 4 heterocycles. The van der Waals surface area contributed by atoms with E-state index in [4.69, 9.17) is 20.9 Å². The third-order valence-corrected chi connectivity index (χ3v) is 9.64. The van der Waals surface area contributed by atoms with Gasteiger partial charge in [-0.1, -0.05) is 36.4 Å². The number of carbonyl (C=O) groups is 2. The fourth-order valence-corrected chi connectivity index (χ4v) is 6.60. The van der Waals surface area contributed by atoms with E-state index >= 15 is 0 Å². The number of hydrogen-bond donors (Lipinski definition) is 8. The van der Waals surface area contributed by atoms with Crippen LogP contribution in [0.15, 0.2) is 85.2 Å². The smallest absolute Gasteiger partial charge is 0.488 e. The standard InChI is InChI=1S/2C19H19BN4O4/c2*21-16-9-23-24-17-6-12(1-3-14(16)17)15-7-13(20(26)27)2-4-18(15)28-10-11-5-19(25)22-8-11/h2*1-4,6-7,9,11,26-27H,5,8,10H2,(H2,21,24)(H,22,25). The van der Waals surface area contributed by atoms with Gasteiger partial charge in [-0.25, -0.2) is 0 Å². The first-order valence-corrected chi connectivity index (χ1v) is 17.8. The summed E-state index contributed by atoms with van der Waals surface area (Å²) in [5.41, 5.74) is 17.8. The molecule has 2 aliphatic heterocycles. The zero-order valence-corrected chi connectivity index (χ0v) is 30.0. The topological polar surface area (TPSA) is 261 Å². The summed E-state index contributed by atoms with van der Waals surface area (Å²) in [4.78, 5) is 22.8. The van der Waals surface area contributed by atoms with Gasteiger partial charge >= 0.3 is 14.2 Å². The lowest BCUT2D eigenvalue weighted by Crippen LogP contribution is -2.29. The number of fused-ring (bicyclic) bond motifs is 2. The van der Waals surface area contributed by atoms with Crippen LogP contribution in [-0.4, -0.2) is 92.8 Å². The van der Waals surface area contributed by atoms with Gasteiger partial charge < -0.3 is 51.7 Å². The van der Waals surface area contributed by atoms with Crippen molar-refractivity contribution >= 4 is 70.2 Å². The molecule has 2 aromatic heterocycles. The number of nitrogens with one attached hydrogen (secondary N) is 2. The van der Waals surface area contributed by atoms with Crippen LogP contribution in [0.25, 0.3) is 44.1 Å². The van der Waals surface area contributed by atoms with Crippen molar-refractivity contribution in [1.82, 2.24) is 31.0 Å². The van der Waals surface area contributed by atoms with E-state index in [2.05, 4.69) is 31.0 Å². The van der Waals surface area contributed by atoms with Gasteiger partial charge in [-0.05, 0) is 58.5 Å². The van der Waals surface area contributed by atoms with E-state index in [0.29, 0.717) is 95.1 Å². The number of carbonyl (C=O) groups excluding carboxylic acids is 2. The molecule has 10 N–H and O–H groups in total. The van der Waals surface area contributed by atoms with Gasteiger partial charge in [-0.2, -0.15) is 20.4 Å². The molecule has 6 aromatic rings. The molecular weight excluding hydrogens is 718 g/mol. The summed E-state index contributed by atoms with van der Waals surface area (Å²) in [6.07, 6.45) is 3.87. The number of ether oxygens (including phenoxy) is 2. The van der Waals surface area contributed by atoms with Crippen LogP contribution in [-0.2, 0) is 9.59 Å². The number of nitrogen functional groups attached to an aromatic ring is 2. The minimum atomic E-state index is -1.60. The molecule has 4 aromatic carbocycles. The Morgan fingerprint density at radius 1 is 0.625 bits per heavy atom. The average molecular weight is 756 g/mol. The highest BCUT2D eigenvalue weighted by molar-refractivity contribution is 6.59. The molecule has 0 bridgehead atoms. The minimum absolute atomic E-state index is 0.0262. The van der Waals surface area contributed by atoms with Gasteiger partial charge in [0, 0.05) is 59.7 Å². The van der Waals surface area contributed by atoms with E-state index in [-0.39, 0.29) is 23.7 Å². The third-order valence-electron chi connectivity index (χ3n) is 9.64. The zero-order chi connectivity index (χ0) is 39.3. The van der Waals surface area contributed by atoms with Crippen molar-refractivity contribution in [2.24, 2.45) is 11.8 Å². The van der Waals surface area contributed by atoms with E-state index in [1.54, 1.807) is 36.4 Å². The van der Waals surface area contributed by atoms with Crippen LogP contribution in [0.2, 0.25) is 0 Å². The predicted octanol–water partition coefficient (Wildman–Crippen LogP) is 0.147. The fraction of sp³-hybridized carbons (Fsp3) is 0.211. The SMILES string of the molecule is Nc1cnnc2cc(-c3cc(B(O)O)ccc3OCC3CNC(=O)C3)ccc12.Nc1cnnc2cc(-c3cc(B(O)O)ccc3OCC3CNC(=O)C3)ccc12. The Balaban J connectivity index is 0.000000172. The minimum Gasteiger partial charge on any atom is -0.493 e. The van der Waals surface area contributed by atoms with Crippen LogP contribution >= 0.6 is 0 Å². The number of hydrogen-bond acceptors (Lipinski definition) is 14. The average Bonchev–Trinajstić information content (AvgIpc) is 3.82. The summed E-state index contributed by atoms with van der Waals surface area (Å²) < 4.78 is 12.0. The monoisotopic (exact) mass is 756 g/mol. The van der Waals surface area contributed by atoms with Crippen LogP contribution in [0.1, 0.15) is 12.8 Å². The molecule has 0 spiro atoms. The molecule has 56 heavy (non-hydrogen) atoms. The van der Waals surface area contributed by atoms with Crippen LogP contribution in [0.4, 0.5) is 11.4 Å². The molecule has 0 radical (unpaired) electrons. The Labute approximate surface area is 321 Å². The third kappa shape index (κ3) is 8.63. The molecule has 2 atom stereocenters. The van der Waals surface area contributed by atoms with Crippen molar-refractivity contribution in [3.05, 3.63) is 85.2 Å². The second-order valence-electron chi connectivity index (χ2n) is 13.7. The normalized spacial score (nSPS) is 16.2. The van der Waals surface area contributed by atoms with Crippen LogP contribution in [0, 0.1) is 11.8 Å². The maximum Gasteiger partial charge on any atom is 0.488 e. The molecule has 2 unspecified atom stereocenters. The highest BCUT2D eigenvalue weighted by Crippen LogP contribution is 2.34. The molecule has 8 rings (SSSR count). The molecule has 16 nitrogen and oxygen atoms in total. The van der Waals surface area contributed by atoms with Gasteiger partial charge in [0.05, 0.1) is 48.0 Å². The largest absolute Gasteiger partial charge is 0.493 e. The van der Waals surface area contributed by atoms with Gasteiger partial charge in [0.1, 0.15) is 11.5 Å². The first-order valence-electron chi connectivity index (χ1n) is 17.8. The first kappa shape index (κ1) is 38.0. The molecule has 2 amide bonds. The number of nitrogens with two attached hydrogens (primary N) is 2. The highest BCUT2D eigenvalue weighted by Gasteiger charge is 2.25. The Morgan fingerprint density at radius 3 is 1.43 bits per heavy atom. The molecule has 2 saturated heterocycles. The van der Waals surface area contributed by atoms with Crippen molar-refractivity contribution in [1.29, 1.82) is 0 Å². The predicted molar refractivity (Wildman–Crippen MR) is 212 cm³/mol. The van der Waals surface area contributed by atoms with Crippen LogP contribution < -0.4 is 42.5 Å². The summed E-state index contributed by atoms with van der Waals surface area (Å²) in [6.45, 7) is 1.94. The van der Waals surface area contributed by atoms with E-state index < -0.39 is 14.2 Å². The fourth-order valence-electron chi connectivity index (χ4n) is 6.60. The summed E-state index contributed by atoms with van der Waals surface area (Å²) in [7, 11) is -3.19. The molecule has 2 aliphatic rings. The lowest BCUT2D eigenvalue weighted by atomic mass is 9.79. The zero-order valence-electron chi connectivity index (χ0n) is 30.0. The molecule has 284 valence electrons. The van der Waals surface area contributed by atoms with Gasteiger partial charge in [0.25, 0.3) is 0 Å². The van der Waals surface area contributed by atoms with Crippen molar-refractivity contribution in [3.8, 4) is 33.8 Å². The number of nitrogens with zero attached hydrogens (tertiary/aromatic N) is 4. The van der Waals surface area contributed by atoms with Crippen LogP contribution in [0.3, 0.4) is 0 Å². The van der Waals surface area contributed by atoms with E-state index in [9.17, 15) is 29.7 Å². The van der Waals surface area contributed by atoms with Crippen molar-refractivity contribution < 1.29 is 39.2 Å². The van der Waals surface area contributed by atoms with Gasteiger partial charge in [-0.15, -0.1) is 0 Å². The van der Waals surface area contributed by atoms with Gasteiger partial charge in [0.2, 0.25) is 11.8 Å². The molecular formula is C38H38B2N8O8. The lowest BCUT2D eigenvalue weighted by molar-refractivity contribution is -0.120. The van der Waals surface area contributed by atoms with E-state index in [0.717, 1.165) is 21.9 Å². The van der Waals surface area contributed by atoms with Crippen molar-refractivity contribution in [2.75, 3.05) is 37.8 Å². The number of rotatable bonds is 10. The van der Waals surface area contributed by atoms with Crippen molar-refractivity contribution in [2.45, 2.75) is 12.8 Å². The molecule has 0 saturated carbocycles. The number of amides is 2. The summed E-state index contributed by atoms with van der Waals surface area (Å²) >= 11 is 0. The second kappa shape index (κ2) is 16.6. The van der Waals surface area contributed by atoms with Gasteiger partial charge in [-0.3, -0.25) is 9.59 Å². The summed E-state index contributed by atoms with van der Waals surface area (Å²) in [6, 6.07) is 21.0. The number of aromatic nitrogens is 4. The summed E-state index contributed by atoms with van der Waals surface area (Å²) in [5, 5.41) is 61.4. The maximum atomic E-state index is 11.4. The second-order valence-corrected chi connectivity index (χ2v) is 13.7. The highest BCUT2D eigenvalue weighted by atomic mass is 16.5. The van der Waals surface area contributed by atoms with Gasteiger partial charge in [0.15, 0.2) is 0 Å². The quantitative estimate of drug-likeness (QED) is 0.0866. The van der Waals surface area contributed by atoms with Crippen molar-refractivity contribution in [3.63, 3.8) is 0 Å². The molecule has 18 heteroatoms. The number of benzene rings is 4. The molecule has 2 fully saturated rings. The Morgan fingerprint density at radius 2 is 1.05 bits per heavy atom. The van der Waals surface area contributed by atoms with E-state index in [1.807, 2.05) is 36.4 Å². The summed E-state index contributed by atoms with van der Waals surface area (Å²) in [5.74, 6) is 1.42. The Hall–Kier alpha value is -6.33. The maximum absolute atomic E-state index is 11.4.